The Kier molecular flexibility index (Phi) is 48.1. The van der Waals surface area contributed by atoms with Crippen molar-refractivity contribution < 1.29 is 81.5 Å². The summed E-state index contributed by atoms with van der Waals surface area (Å²) in [7, 11) is 0. The van der Waals surface area contributed by atoms with Crippen molar-refractivity contribution in [3.8, 4) is 0 Å². The van der Waals surface area contributed by atoms with Gasteiger partial charge in [0.1, 0.15) is 96.7 Å². The number of benzene rings is 3. The molecule has 35 N–H and O–H groups in total. The standard InChI is InChI=1S/C93H145N27O17/c1-51(77(101)121)105-78(122)52(2)110-91(135)74(45-59-48-102-66-31-12-9-27-62(59)66)118-83(127)57(7)107-80(124)54(4)112-93(137)76(47-61-50-104-68-33-14-11-29-64(61)68)120-84(128)58(8)108-81(125)55(5)111-92(136)75(46-60-49-103-67-32-13-10-28-63(60)67)119-82(126)56(6)106-79(123)53(3)109-86(130)69(34-16-22-40-95)114-88(132)71(36-18-24-42-97)116-90(134)73(38-20-26-44-99)117-89(133)72(37-19-25-43-98)115-87(131)70(35-17-23-41-96)113-85(129)65(100)30-15-21-39-94/h9-14,27-29,31-33,48-58,65,69-76,102-104H,15-26,30,34-47,94-100H2,1-8H3,(H2,101,121)(H,105,122)(H,106,123)(H,107,124)(H,108,125)(H,109,130)(H,110,135)(H,111,136)(H,112,137)(H,113,129)(H,114,132)(H,115,131)(H,116,134)(H,117,133)(H,118,127)(H,119,126)(H,120,128)/t51-,52-,53-,54-,55-,56-,57-,58-,65-,69-,70-,71-,72-,73-,74-,75-,76-/m0/s1. The van der Waals surface area contributed by atoms with Crippen LogP contribution < -0.4 is 131 Å². The maximum atomic E-state index is 14.6. The number of carbonyl (C=O) groups is 17. The molecule has 0 aliphatic carbocycles. The number of aromatic nitrogens is 3. The second-order valence-corrected chi connectivity index (χ2v) is 34.7. The van der Waals surface area contributed by atoms with Gasteiger partial charge in [0.25, 0.3) is 0 Å². The van der Waals surface area contributed by atoms with Crippen molar-refractivity contribution in [1.29, 1.82) is 0 Å². The van der Waals surface area contributed by atoms with Gasteiger partial charge in [0.2, 0.25) is 100 Å². The first-order chi connectivity index (χ1) is 65.4. The molecule has 0 unspecified atom stereocenters. The lowest BCUT2D eigenvalue weighted by Crippen LogP contribution is -2.60. The van der Waals surface area contributed by atoms with E-state index in [0.717, 1.165) is 10.9 Å². The molecule has 0 fully saturated rings. The largest absolute Gasteiger partial charge is 0.368 e. The molecule has 3 heterocycles. The van der Waals surface area contributed by atoms with Crippen molar-refractivity contribution >= 4 is 133 Å². The lowest BCUT2D eigenvalue weighted by Gasteiger charge is -2.28. The molecule has 0 aliphatic rings. The third-order valence-electron chi connectivity index (χ3n) is 23.5. The van der Waals surface area contributed by atoms with Gasteiger partial charge in [0.05, 0.1) is 6.04 Å². The average molecular weight is 1910 g/mol. The molecule has 754 valence electrons. The maximum Gasteiger partial charge on any atom is 0.243 e. The van der Waals surface area contributed by atoms with Crippen LogP contribution in [0.5, 0.6) is 0 Å². The molecule has 3 aromatic carbocycles. The number of rotatable bonds is 63. The topological polar surface area (TPSA) is 738 Å². The quantitative estimate of drug-likeness (QED) is 0.0166. The van der Waals surface area contributed by atoms with Crippen LogP contribution in [-0.2, 0) is 101 Å². The fourth-order valence-electron chi connectivity index (χ4n) is 15.0. The Morgan fingerprint density at radius 1 is 0.234 bits per heavy atom. The summed E-state index contributed by atoms with van der Waals surface area (Å²) < 4.78 is 0. The molecule has 44 heteroatoms. The van der Waals surface area contributed by atoms with Crippen LogP contribution in [0.2, 0.25) is 0 Å². The Balaban J connectivity index is 1.12. The van der Waals surface area contributed by atoms with E-state index in [9.17, 15) is 81.5 Å². The van der Waals surface area contributed by atoms with Crippen molar-refractivity contribution in [2.24, 2.45) is 45.9 Å². The maximum absolute atomic E-state index is 14.6. The number of carbonyl (C=O) groups excluding carboxylic acids is 17. The van der Waals surface area contributed by atoms with Crippen LogP contribution in [0, 0.1) is 0 Å². The zero-order chi connectivity index (χ0) is 101. The molecule has 0 aliphatic heterocycles. The predicted octanol–water partition coefficient (Wildman–Crippen LogP) is -3.34. The summed E-state index contributed by atoms with van der Waals surface area (Å²) in [6.07, 6.45) is 10.5. The molecular formula is C93H145N27O17. The number of amides is 17. The van der Waals surface area contributed by atoms with Gasteiger partial charge in [0, 0.05) is 70.6 Å². The summed E-state index contributed by atoms with van der Waals surface area (Å²) in [4.78, 5) is 248. The molecule has 3 aromatic heterocycles. The smallest absolute Gasteiger partial charge is 0.243 e. The predicted molar refractivity (Wildman–Crippen MR) is 517 cm³/mol. The fourth-order valence-corrected chi connectivity index (χ4v) is 15.0. The fraction of sp³-hybridized carbons (Fsp3) is 0.559. The summed E-state index contributed by atoms with van der Waals surface area (Å²) >= 11 is 0. The first kappa shape index (κ1) is 113. The summed E-state index contributed by atoms with van der Waals surface area (Å²) in [6.45, 7) is 12.4. The van der Waals surface area contributed by atoms with Crippen LogP contribution in [0.1, 0.15) is 188 Å². The molecule has 6 rings (SSSR count). The van der Waals surface area contributed by atoms with E-state index in [0.29, 0.717) is 135 Å². The number of nitrogens with one attached hydrogen (secondary N) is 19. The molecule has 137 heavy (non-hydrogen) atoms. The van der Waals surface area contributed by atoms with E-state index in [2.05, 4.69) is 100 Å². The normalized spacial score (nSPS) is 15.1. The minimum atomic E-state index is -1.46. The molecule has 17 atom stereocenters. The van der Waals surface area contributed by atoms with Crippen LogP contribution in [0.25, 0.3) is 32.7 Å². The molecule has 44 nitrogen and oxygen atoms in total. The number of para-hydroxylation sites is 3. The molecule has 17 amide bonds. The number of unbranched alkanes of at least 4 members (excludes halogenated alkanes) is 6. The van der Waals surface area contributed by atoms with Gasteiger partial charge in [-0.05, 0) is 239 Å². The second-order valence-electron chi connectivity index (χ2n) is 34.7. The Morgan fingerprint density at radius 3 is 0.650 bits per heavy atom. The monoisotopic (exact) mass is 1910 g/mol. The Labute approximate surface area is 797 Å². The van der Waals surface area contributed by atoms with E-state index in [1.165, 1.54) is 55.4 Å². The van der Waals surface area contributed by atoms with Gasteiger partial charge in [0.15, 0.2) is 0 Å². The molecule has 0 saturated carbocycles. The van der Waals surface area contributed by atoms with Crippen molar-refractivity contribution in [2.45, 2.75) is 293 Å². The highest BCUT2D eigenvalue weighted by atomic mass is 16.2. The van der Waals surface area contributed by atoms with Gasteiger partial charge in [-0.15, -0.1) is 0 Å². The van der Waals surface area contributed by atoms with Crippen LogP contribution in [0.15, 0.2) is 91.4 Å². The van der Waals surface area contributed by atoms with Crippen molar-refractivity contribution in [2.75, 3.05) is 39.3 Å². The van der Waals surface area contributed by atoms with Crippen molar-refractivity contribution in [1.82, 2.24) is 100 Å². The number of fused-ring (bicyclic) bond motifs is 3. The van der Waals surface area contributed by atoms with Crippen LogP contribution >= 0.6 is 0 Å². The molecule has 6 aromatic rings. The number of H-pyrrole nitrogens is 3. The minimum Gasteiger partial charge on any atom is -0.368 e. The van der Waals surface area contributed by atoms with Crippen molar-refractivity contribution in [3.63, 3.8) is 0 Å². The SMILES string of the molecule is C[C@H](NC(=O)[C@H](C)NC(=O)[C@H](Cc1c[nH]c2ccccc12)NC(=O)[C@H](C)NC(=O)[C@H](C)NC(=O)[C@H](Cc1c[nH]c2ccccc12)NC(=O)[C@H](C)NC(=O)[C@H](C)NC(=O)[C@H](Cc1c[nH]c2ccccc12)NC(=O)[C@H](C)NC(=O)[C@H](C)NC(=O)[C@H](CCCCN)NC(=O)[C@H](CCCCN)NC(=O)[C@H](CCCCN)NC(=O)[C@H](CCCCN)NC(=O)[C@H](CCCCN)NC(=O)[C@@H](N)CCCCN)C(N)=O. The van der Waals surface area contributed by atoms with Gasteiger partial charge in [-0.2, -0.15) is 0 Å². The molecule has 0 saturated heterocycles. The van der Waals surface area contributed by atoms with Gasteiger partial charge in [-0.1, -0.05) is 61.0 Å². The highest BCUT2D eigenvalue weighted by molar-refractivity contribution is 6.02. The zero-order valence-corrected chi connectivity index (χ0v) is 79.6. The van der Waals surface area contributed by atoms with E-state index in [-0.39, 0.29) is 77.5 Å². The Bertz CT molecular complexity index is 5020. The van der Waals surface area contributed by atoms with Gasteiger partial charge in [-0.3, -0.25) is 81.5 Å². The van der Waals surface area contributed by atoms with E-state index < -0.39 is 203 Å². The average Bonchev–Trinajstić information content (AvgIpc) is 1.69. The van der Waals surface area contributed by atoms with E-state index in [1.807, 2.05) is 12.1 Å². The summed E-state index contributed by atoms with van der Waals surface area (Å²) in [5.41, 5.74) is 50.3. The van der Waals surface area contributed by atoms with Crippen LogP contribution in [0.3, 0.4) is 0 Å². The number of nitrogens with two attached hydrogens (primary N) is 8. The van der Waals surface area contributed by atoms with E-state index in [4.69, 9.17) is 45.9 Å². The number of primary amides is 1. The molecule has 0 spiro atoms. The molecule has 0 bridgehead atoms. The van der Waals surface area contributed by atoms with Gasteiger partial charge < -0.3 is 146 Å². The number of hydrogen-bond donors (Lipinski definition) is 27. The minimum absolute atomic E-state index is 0.000482. The van der Waals surface area contributed by atoms with Gasteiger partial charge >= 0.3 is 0 Å². The number of aromatic amines is 3. The van der Waals surface area contributed by atoms with E-state index in [1.54, 1.807) is 79.3 Å². The third-order valence-corrected chi connectivity index (χ3v) is 23.5. The van der Waals surface area contributed by atoms with E-state index >= 15 is 0 Å². The second kappa shape index (κ2) is 58.4. The third kappa shape index (κ3) is 36.9. The van der Waals surface area contributed by atoms with Gasteiger partial charge in [-0.25, -0.2) is 0 Å². The van der Waals surface area contributed by atoms with Crippen LogP contribution in [0.4, 0.5) is 0 Å². The summed E-state index contributed by atoms with van der Waals surface area (Å²) in [5, 5.41) is 44.4. The first-order valence-electron chi connectivity index (χ1n) is 47.1. The highest BCUT2D eigenvalue weighted by Gasteiger charge is 2.38. The van der Waals surface area contributed by atoms with Crippen LogP contribution in [-0.4, -0.2) is 257 Å². The molecule has 0 radical (unpaired) electrons. The summed E-state index contributed by atoms with van der Waals surface area (Å²) in [6, 6.07) is -0.583. The lowest BCUT2D eigenvalue weighted by atomic mass is 10.0. The lowest BCUT2D eigenvalue weighted by molar-refractivity contribution is -0.136. The van der Waals surface area contributed by atoms with Crippen molar-refractivity contribution in [3.05, 3.63) is 108 Å². The highest BCUT2D eigenvalue weighted by Crippen LogP contribution is 2.24. The Hall–Kier alpha value is -13.0. The first-order valence-corrected chi connectivity index (χ1v) is 47.1. The summed E-state index contributed by atoms with van der Waals surface area (Å²) in [5.74, 6) is -13.7. The number of hydrogen-bond acceptors (Lipinski definition) is 24. The molecular weight excluding hydrogens is 1770 g/mol. The zero-order valence-electron chi connectivity index (χ0n) is 79.6. The Morgan fingerprint density at radius 2 is 0.416 bits per heavy atom.